The molecule has 0 aliphatic heterocycles. The SMILES string of the molecule is CCN(CC)C(=O)O[C@@]1(C(=O)C(C)(C)C)[C@H]2C=C[C@H](C2)C1(F)F. The quantitative estimate of drug-likeness (QED) is 0.740. The van der Waals surface area contributed by atoms with E-state index in [1.54, 1.807) is 40.7 Å². The van der Waals surface area contributed by atoms with E-state index >= 15 is 8.78 Å². The summed E-state index contributed by atoms with van der Waals surface area (Å²) in [5.74, 6) is -5.93. The van der Waals surface area contributed by atoms with E-state index in [1.165, 1.54) is 11.0 Å². The zero-order chi connectivity index (χ0) is 17.6. The molecule has 4 nitrogen and oxygen atoms in total. The molecule has 0 aromatic heterocycles. The van der Waals surface area contributed by atoms with Crippen molar-refractivity contribution >= 4 is 11.9 Å². The molecule has 0 radical (unpaired) electrons. The predicted molar refractivity (Wildman–Crippen MR) is 82.3 cm³/mol. The molecule has 0 N–H and O–H groups in total. The fraction of sp³-hybridized carbons (Fsp3) is 0.765. The maximum atomic E-state index is 15.0. The summed E-state index contributed by atoms with van der Waals surface area (Å²) >= 11 is 0. The summed E-state index contributed by atoms with van der Waals surface area (Å²) < 4.78 is 35.3. The number of carbonyl (C=O) groups excluding carboxylic acids is 2. The van der Waals surface area contributed by atoms with Crippen LogP contribution in [0.4, 0.5) is 13.6 Å². The zero-order valence-corrected chi connectivity index (χ0v) is 14.4. The molecule has 0 saturated heterocycles. The zero-order valence-electron chi connectivity index (χ0n) is 14.4. The molecule has 0 spiro atoms. The van der Waals surface area contributed by atoms with E-state index in [9.17, 15) is 9.59 Å². The molecule has 1 amide bonds. The van der Waals surface area contributed by atoms with E-state index in [0.717, 1.165) is 0 Å². The van der Waals surface area contributed by atoms with Gasteiger partial charge in [0.25, 0.3) is 0 Å². The van der Waals surface area contributed by atoms with Gasteiger partial charge >= 0.3 is 12.0 Å². The Balaban J connectivity index is 2.48. The van der Waals surface area contributed by atoms with Gasteiger partial charge in [0.05, 0.1) is 0 Å². The molecular weight excluding hydrogens is 304 g/mol. The van der Waals surface area contributed by atoms with E-state index < -0.39 is 40.7 Å². The highest BCUT2D eigenvalue weighted by Crippen LogP contribution is 2.60. The largest absolute Gasteiger partial charge is 0.428 e. The lowest BCUT2D eigenvalue weighted by atomic mass is 9.72. The van der Waals surface area contributed by atoms with Gasteiger partial charge in [-0.05, 0) is 20.3 Å². The maximum absolute atomic E-state index is 15.0. The van der Waals surface area contributed by atoms with Gasteiger partial charge in [0.15, 0.2) is 5.78 Å². The minimum absolute atomic E-state index is 0.139. The van der Waals surface area contributed by atoms with Crippen LogP contribution in [-0.2, 0) is 9.53 Å². The first-order valence-corrected chi connectivity index (χ1v) is 8.11. The second kappa shape index (κ2) is 5.56. The normalized spacial score (nSPS) is 31.3. The Bertz CT molecular complexity index is 534. The van der Waals surface area contributed by atoms with Crippen LogP contribution >= 0.6 is 0 Å². The highest BCUT2D eigenvalue weighted by atomic mass is 19.3. The smallest absolute Gasteiger partial charge is 0.410 e. The van der Waals surface area contributed by atoms with Crippen molar-refractivity contribution in [3.05, 3.63) is 12.2 Å². The number of ketones is 1. The average Bonchev–Trinajstić information content (AvgIpc) is 3.00. The Morgan fingerprint density at radius 2 is 1.70 bits per heavy atom. The third-order valence-electron chi connectivity index (χ3n) is 4.86. The highest BCUT2D eigenvalue weighted by molar-refractivity contribution is 5.96. The van der Waals surface area contributed by atoms with Crippen molar-refractivity contribution in [1.29, 1.82) is 0 Å². The lowest BCUT2D eigenvalue weighted by Crippen LogP contribution is -2.63. The van der Waals surface area contributed by atoms with Crippen LogP contribution in [0.15, 0.2) is 12.2 Å². The van der Waals surface area contributed by atoms with Crippen LogP contribution in [0.3, 0.4) is 0 Å². The van der Waals surface area contributed by atoms with Gasteiger partial charge in [0, 0.05) is 30.3 Å². The van der Waals surface area contributed by atoms with Crippen LogP contribution in [0.1, 0.15) is 41.0 Å². The summed E-state index contributed by atoms with van der Waals surface area (Å²) in [6.07, 6.45) is 2.32. The molecule has 2 bridgehead atoms. The lowest BCUT2D eigenvalue weighted by Gasteiger charge is -2.43. The summed E-state index contributed by atoms with van der Waals surface area (Å²) in [7, 11) is 0. The number of nitrogens with zero attached hydrogens (tertiary/aromatic N) is 1. The second-order valence-electron chi connectivity index (χ2n) is 7.31. The Morgan fingerprint density at radius 1 is 1.17 bits per heavy atom. The molecule has 0 aromatic rings. The van der Waals surface area contributed by atoms with Crippen LogP contribution in [-0.4, -0.2) is 41.4 Å². The van der Waals surface area contributed by atoms with Gasteiger partial charge in [-0.25, -0.2) is 13.6 Å². The standard InChI is InChI=1S/C17H25F2NO3/c1-6-20(7-2)14(22)23-16(13(21)15(3,4)5)11-8-9-12(10-11)17(16,18)19/h8-9,11-12H,6-7,10H2,1-5H3/t11-,12+,16+/m0/s1. The summed E-state index contributed by atoms with van der Waals surface area (Å²) in [4.78, 5) is 26.6. The van der Waals surface area contributed by atoms with Crippen LogP contribution < -0.4 is 0 Å². The van der Waals surface area contributed by atoms with E-state index in [4.69, 9.17) is 4.74 Å². The number of fused-ring (bicyclic) bond motifs is 2. The van der Waals surface area contributed by atoms with Crippen LogP contribution in [0.2, 0.25) is 0 Å². The molecule has 1 saturated carbocycles. The Morgan fingerprint density at radius 3 is 2.09 bits per heavy atom. The molecule has 6 heteroatoms. The van der Waals surface area contributed by atoms with Gasteiger partial charge in [-0.1, -0.05) is 32.9 Å². The number of hydrogen-bond acceptors (Lipinski definition) is 3. The highest BCUT2D eigenvalue weighted by Gasteiger charge is 2.76. The third kappa shape index (κ3) is 2.46. The van der Waals surface area contributed by atoms with Crippen molar-refractivity contribution < 1.29 is 23.1 Å². The Kier molecular flexibility index (Phi) is 4.33. The number of ether oxygens (including phenoxy) is 1. The first-order chi connectivity index (χ1) is 10.5. The van der Waals surface area contributed by atoms with Gasteiger partial charge in [0.1, 0.15) is 0 Å². The second-order valence-corrected chi connectivity index (χ2v) is 7.31. The molecule has 2 aliphatic rings. The van der Waals surface area contributed by atoms with E-state index in [1.807, 2.05) is 0 Å². The molecule has 2 rings (SSSR count). The molecule has 2 aliphatic carbocycles. The van der Waals surface area contributed by atoms with Gasteiger partial charge < -0.3 is 9.64 Å². The van der Waals surface area contributed by atoms with Crippen LogP contribution in [0, 0.1) is 17.3 Å². The molecule has 3 atom stereocenters. The molecular formula is C17H25F2NO3. The summed E-state index contributed by atoms with van der Waals surface area (Å²) in [5.41, 5.74) is -3.43. The van der Waals surface area contributed by atoms with E-state index in [0.29, 0.717) is 13.1 Å². The minimum atomic E-state index is -3.39. The van der Waals surface area contributed by atoms with Crippen molar-refractivity contribution in [3.63, 3.8) is 0 Å². The predicted octanol–water partition coefficient (Wildman–Crippen LogP) is 3.66. The Labute approximate surface area is 135 Å². The number of allylic oxidation sites excluding steroid dienone is 1. The minimum Gasteiger partial charge on any atom is -0.428 e. The summed E-state index contributed by atoms with van der Waals surface area (Å²) in [6.45, 7) is 8.88. The van der Waals surface area contributed by atoms with Crippen LogP contribution in [0.25, 0.3) is 0 Å². The monoisotopic (exact) mass is 329 g/mol. The summed E-state index contributed by atoms with van der Waals surface area (Å²) in [5, 5.41) is 0. The fourth-order valence-electron chi connectivity index (χ4n) is 3.54. The van der Waals surface area contributed by atoms with E-state index in [2.05, 4.69) is 0 Å². The molecule has 0 heterocycles. The number of alkyl halides is 2. The number of amides is 1. The van der Waals surface area contributed by atoms with Gasteiger partial charge in [0.2, 0.25) is 5.60 Å². The third-order valence-corrected chi connectivity index (χ3v) is 4.86. The molecule has 1 fully saturated rings. The first-order valence-electron chi connectivity index (χ1n) is 8.11. The molecule has 130 valence electrons. The van der Waals surface area contributed by atoms with Crippen molar-refractivity contribution in [2.45, 2.75) is 52.6 Å². The van der Waals surface area contributed by atoms with E-state index in [-0.39, 0.29) is 6.42 Å². The van der Waals surface area contributed by atoms with Crippen molar-refractivity contribution in [2.24, 2.45) is 17.3 Å². The Hall–Kier alpha value is -1.46. The van der Waals surface area contributed by atoms with Crippen molar-refractivity contribution in [2.75, 3.05) is 13.1 Å². The molecule has 0 unspecified atom stereocenters. The van der Waals surface area contributed by atoms with Gasteiger partial charge in [-0.15, -0.1) is 0 Å². The maximum Gasteiger partial charge on any atom is 0.410 e. The number of halogens is 2. The number of rotatable bonds is 4. The van der Waals surface area contributed by atoms with Crippen molar-refractivity contribution in [1.82, 2.24) is 4.90 Å². The van der Waals surface area contributed by atoms with Crippen molar-refractivity contribution in [3.8, 4) is 0 Å². The lowest BCUT2D eigenvalue weighted by molar-refractivity contribution is -0.202. The topological polar surface area (TPSA) is 46.6 Å². The first kappa shape index (κ1) is 17.9. The average molecular weight is 329 g/mol. The number of Topliss-reactive ketones (excluding diaryl/α,β-unsaturated/α-hetero) is 1. The van der Waals surface area contributed by atoms with Gasteiger partial charge in [-0.3, -0.25) is 4.79 Å². The van der Waals surface area contributed by atoms with Gasteiger partial charge in [-0.2, -0.15) is 0 Å². The fourth-order valence-corrected chi connectivity index (χ4v) is 3.54. The number of carbonyl (C=O) groups is 2. The molecule has 23 heavy (non-hydrogen) atoms. The summed E-state index contributed by atoms with van der Waals surface area (Å²) in [6, 6.07) is 0. The van der Waals surface area contributed by atoms with Crippen LogP contribution in [0.5, 0.6) is 0 Å². The molecule has 0 aromatic carbocycles. The number of hydrogen-bond donors (Lipinski definition) is 0.